The van der Waals surface area contributed by atoms with Crippen LogP contribution in [0.5, 0.6) is 0 Å². The molecule has 3 aromatic rings. The van der Waals surface area contributed by atoms with Gasteiger partial charge in [0.15, 0.2) is 0 Å². The van der Waals surface area contributed by atoms with Crippen molar-refractivity contribution >= 4 is 32.6 Å². The van der Waals surface area contributed by atoms with Gasteiger partial charge in [-0.05, 0) is 36.6 Å². The number of fused-ring (bicyclic) bond motifs is 1. The smallest absolute Gasteiger partial charge is 0.232 e. The maximum Gasteiger partial charge on any atom is 0.232 e. The molecule has 32 heavy (non-hydrogen) atoms. The van der Waals surface area contributed by atoms with Crippen molar-refractivity contribution in [1.82, 2.24) is 9.55 Å². The Morgan fingerprint density at radius 1 is 1.19 bits per heavy atom. The monoisotopic (exact) mass is 455 g/mol. The van der Waals surface area contributed by atoms with Gasteiger partial charge in [-0.3, -0.25) is 9.71 Å². The SMILES string of the molecule is Cn1c(C(O)c2ccc(C(=N)N)cc2)nc2cc(N(C3CCCCC3)S(C)(=O)=O)ccc21. The number of benzene rings is 2. The number of amidine groups is 1. The number of aromatic nitrogens is 2. The van der Waals surface area contributed by atoms with Gasteiger partial charge in [0.2, 0.25) is 10.0 Å². The number of aliphatic hydroxyl groups excluding tert-OH is 1. The number of nitrogens with one attached hydrogen (secondary N) is 1. The van der Waals surface area contributed by atoms with Gasteiger partial charge >= 0.3 is 0 Å². The van der Waals surface area contributed by atoms with Gasteiger partial charge in [0, 0.05) is 18.7 Å². The number of anilines is 1. The van der Waals surface area contributed by atoms with Gasteiger partial charge in [-0.1, -0.05) is 43.5 Å². The normalized spacial score (nSPS) is 16.2. The molecule has 1 heterocycles. The molecule has 1 aliphatic carbocycles. The zero-order valence-corrected chi connectivity index (χ0v) is 19.1. The molecule has 0 aliphatic heterocycles. The third-order valence-corrected chi connectivity index (χ3v) is 7.42. The molecular weight excluding hydrogens is 426 g/mol. The zero-order valence-electron chi connectivity index (χ0n) is 18.3. The predicted molar refractivity (Wildman–Crippen MR) is 126 cm³/mol. The highest BCUT2D eigenvalue weighted by Crippen LogP contribution is 2.33. The molecule has 0 spiro atoms. The average Bonchev–Trinajstić information content (AvgIpc) is 3.09. The summed E-state index contributed by atoms with van der Waals surface area (Å²) in [6.45, 7) is 0. The highest BCUT2D eigenvalue weighted by molar-refractivity contribution is 7.92. The molecule has 0 amide bonds. The highest BCUT2D eigenvalue weighted by Gasteiger charge is 2.29. The van der Waals surface area contributed by atoms with Gasteiger partial charge in [0.1, 0.15) is 17.8 Å². The van der Waals surface area contributed by atoms with Crippen molar-refractivity contribution in [3.8, 4) is 0 Å². The molecule has 2 aromatic carbocycles. The fourth-order valence-corrected chi connectivity index (χ4v) is 5.82. The van der Waals surface area contributed by atoms with Crippen molar-refractivity contribution in [2.24, 2.45) is 12.8 Å². The quantitative estimate of drug-likeness (QED) is 0.389. The van der Waals surface area contributed by atoms with Crippen LogP contribution < -0.4 is 10.0 Å². The summed E-state index contributed by atoms with van der Waals surface area (Å²) in [5.74, 6) is 0.422. The van der Waals surface area contributed by atoms with E-state index in [0.29, 0.717) is 28.2 Å². The first-order valence-electron chi connectivity index (χ1n) is 10.7. The van der Waals surface area contributed by atoms with E-state index >= 15 is 0 Å². The van der Waals surface area contributed by atoms with Crippen molar-refractivity contribution in [3.63, 3.8) is 0 Å². The number of hydrogen-bond donors (Lipinski definition) is 3. The topological polar surface area (TPSA) is 125 Å². The maximum absolute atomic E-state index is 12.6. The molecular formula is C23H29N5O3S. The van der Waals surface area contributed by atoms with E-state index in [2.05, 4.69) is 4.98 Å². The van der Waals surface area contributed by atoms with E-state index in [1.807, 2.05) is 23.7 Å². The third-order valence-electron chi connectivity index (χ3n) is 6.20. The molecule has 1 fully saturated rings. The van der Waals surface area contributed by atoms with Gasteiger partial charge in [-0.15, -0.1) is 0 Å². The second-order valence-electron chi connectivity index (χ2n) is 8.49. The standard InChI is InChI=1S/C23H29N5O3S/c1-27-20-13-12-18(28(32(2,30)31)17-6-4-3-5-7-17)14-19(20)26-23(27)21(29)15-8-10-16(11-9-15)22(24)25/h8-14,17,21,29H,3-7H2,1-2H3,(H3,24,25). The van der Waals surface area contributed by atoms with E-state index in [4.69, 9.17) is 11.1 Å². The summed E-state index contributed by atoms with van der Waals surface area (Å²) < 4.78 is 28.6. The van der Waals surface area contributed by atoms with Crippen LogP contribution in [0.15, 0.2) is 42.5 Å². The van der Waals surface area contributed by atoms with Crippen LogP contribution in [0.4, 0.5) is 5.69 Å². The maximum atomic E-state index is 12.6. The van der Waals surface area contributed by atoms with Crippen LogP contribution in [-0.4, -0.2) is 41.2 Å². The van der Waals surface area contributed by atoms with Gasteiger partial charge in [-0.2, -0.15) is 0 Å². The van der Waals surface area contributed by atoms with Crippen LogP contribution >= 0.6 is 0 Å². The van der Waals surface area contributed by atoms with Gasteiger partial charge in [-0.25, -0.2) is 13.4 Å². The number of aliphatic hydroxyl groups is 1. The molecule has 1 unspecified atom stereocenters. The van der Waals surface area contributed by atoms with Crippen molar-refractivity contribution in [2.75, 3.05) is 10.6 Å². The lowest BCUT2D eigenvalue weighted by molar-refractivity contribution is 0.207. The number of nitrogen functional groups attached to an aromatic ring is 1. The van der Waals surface area contributed by atoms with Gasteiger partial charge in [0.25, 0.3) is 0 Å². The number of rotatable bonds is 6. The van der Waals surface area contributed by atoms with E-state index in [-0.39, 0.29) is 11.9 Å². The minimum atomic E-state index is -3.44. The fourth-order valence-electron chi connectivity index (χ4n) is 4.57. The molecule has 1 atom stereocenters. The van der Waals surface area contributed by atoms with E-state index in [1.54, 1.807) is 30.3 Å². The second kappa shape index (κ2) is 8.55. The number of aryl methyl sites for hydroxylation is 1. The van der Waals surface area contributed by atoms with Crippen molar-refractivity contribution in [2.45, 2.75) is 44.2 Å². The number of sulfonamides is 1. The zero-order chi connectivity index (χ0) is 23.0. The summed E-state index contributed by atoms with van der Waals surface area (Å²) in [6, 6.07) is 12.3. The van der Waals surface area contributed by atoms with Gasteiger partial charge < -0.3 is 15.4 Å². The number of nitrogens with two attached hydrogens (primary N) is 1. The van der Waals surface area contributed by atoms with E-state index in [0.717, 1.165) is 37.6 Å². The molecule has 4 rings (SSSR count). The van der Waals surface area contributed by atoms with Crippen LogP contribution in [0.2, 0.25) is 0 Å². The lowest BCUT2D eigenvalue weighted by Crippen LogP contribution is -2.40. The van der Waals surface area contributed by atoms with Crippen LogP contribution in [-0.2, 0) is 17.1 Å². The molecule has 0 bridgehead atoms. The van der Waals surface area contributed by atoms with Crippen LogP contribution in [0.25, 0.3) is 11.0 Å². The molecule has 0 radical (unpaired) electrons. The Labute approximate surface area is 188 Å². The summed E-state index contributed by atoms with van der Waals surface area (Å²) in [4.78, 5) is 4.64. The average molecular weight is 456 g/mol. The Balaban J connectivity index is 1.71. The van der Waals surface area contributed by atoms with Crippen molar-refractivity contribution in [3.05, 3.63) is 59.4 Å². The molecule has 170 valence electrons. The molecule has 1 aromatic heterocycles. The third kappa shape index (κ3) is 4.22. The molecule has 1 aliphatic rings. The molecule has 8 nitrogen and oxygen atoms in total. The first kappa shape index (κ1) is 22.3. The van der Waals surface area contributed by atoms with Crippen LogP contribution in [0, 0.1) is 5.41 Å². The van der Waals surface area contributed by atoms with Crippen LogP contribution in [0.1, 0.15) is 55.2 Å². The lowest BCUT2D eigenvalue weighted by Gasteiger charge is -2.34. The number of nitrogens with zero attached hydrogens (tertiary/aromatic N) is 3. The summed E-state index contributed by atoms with van der Waals surface area (Å²) in [7, 11) is -1.61. The first-order valence-corrected chi connectivity index (χ1v) is 12.6. The van der Waals surface area contributed by atoms with Crippen LogP contribution in [0.3, 0.4) is 0 Å². The number of hydrogen-bond acceptors (Lipinski definition) is 5. The minimum absolute atomic E-state index is 0.0327. The molecule has 4 N–H and O–H groups in total. The Kier molecular flexibility index (Phi) is 5.96. The van der Waals surface area contributed by atoms with E-state index < -0.39 is 16.1 Å². The minimum Gasteiger partial charge on any atom is -0.384 e. The van der Waals surface area contributed by atoms with E-state index in [1.165, 1.54) is 10.6 Å². The molecule has 0 saturated heterocycles. The Morgan fingerprint density at radius 2 is 1.84 bits per heavy atom. The first-order chi connectivity index (χ1) is 15.2. The predicted octanol–water partition coefficient (Wildman–Crippen LogP) is 3.04. The largest absolute Gasteiger partial charge is 0.384 e. The molecule has 1 saturated carbocycles. The second-order valence-corrected chi connectivity index (χ2v) is 10.4. The summed E-state index contributed by atoms with van der Waals surface area (Å²) in [6.07, 6.45) is 5.19. The Morgan fingerprint density at radius 3 is 2.44 bits per heavy atom. The Bertz CT molecular complexity index is 1240. The highest BCUT2D eigenvalue weighted by atomic mass is 32.2. The van der Waals surface area contributed by atoms with E-state index in [9.17, 15) is 13.5 Å². The van der Waals surface area contributed by atoms with Gasteiger partial charge in [0.05, 0.1) is 23.0 Å². The fraction of sp³-hybridized carbons (Fsp3) is 0.391. The lowest BCUT2D eigenvalue weighted by atomic mass is 9.95. The number of imidazole rings is 1. The summed E-state index contributed by atoms with van der Waals surface area (Å²) in [5, 5.41) is 18.4. The Hall–Kier alpha value is -2.91. The molecule has 9 heteroatoms. The van der Waals surface area contributed by atoms with Crippen molar-refractivity contribution < 1.29 is 13.5 Å². The summed E-state index contributed by atoms with van der Waals surface area (Å²) in [5.41, 5.74) is 8.76. The summed E-state index contributed by atoms with van der Waals surface area (Å²) >= 11 is 0. The van der Waals surface area contributed by atoms with Crippen molar-refractivity contribution in [1.29, 1.82) is 5.41 Å².